The summed E-state index contributed by atoms with van der Waals surface area (Å²) in [5.41, 5.74) is 0.815. The van der Waals surface area contributed by atoms with E-state index in [0.29, 0.717) is 17.1 Å². The molecule has 0 saturated carbocycles. The summed E-state index contributed by atoms with van der Waals surface area (Å²) in [6.07, 6.45) is 3.05. The van der Waals surface area contributed by atoms with E-state index in [1.165, 1.54) is 12.1 Å². The van der Waals surface area contributed by atoms with Crippen LogP contribution in [0, 0.1) is 17.1 Å². The van der Waals surface area contributed by atoms with Crippen LogP contribution in [-0.2, 0) is 5.41 Å². The first-order chi connectivity index (χ1) is 10.1. The zero-order valence-corrected chi connectivity index (χ0v) is 11.8. The number of hydrogen-bond donors (Lipinski definition) is 0. The maximum Gasteiger partial charge on any atom is 0.226 e. The van der Waals surface area contributed by atoms with Gasteiger partial charge in [0.2, 0.25) is 5.89 Å². The number of oxazole rings is 1. The van der Waals surface area contributed by atoms with Gasteiger partial charge in [-0.1, -0.05) is 0 Å². The van der Waals surface area contributed by atoms with Crippen LogP contribution in [0.1, 0.15) is 18.5 Å². The second-order valence-electron chi connectivity index (χ2n) is 5.54. The smallest absolute Gasteiger partial charge is 0.226 e. The van der Waals surface area contributed by atoms with Gasteiger partial charge in [-0.05, 0) is 57.2 Å². The Kier molecular flexibility index (Phi) is 3.48. The first kappa shape index (κ1) is 13.8. The van der Waals surface area contributed by atoms with Gasteiger partial charge < -0.3 is 9.32 Å². The largest absolute Gasteiger partial charge is 0.444 e. The van der Waals surface area contributed by atoms with E-state index in [9.17, 15) is 9.65 Å². The predicted octanol–water partition coefficient (Wildman–Crippen LogP) is 2.97. The summed E-state index contributed by atoms with van der Waals surface area (Å²) >= 11 is 0. The molecule has 0 bridgehead atoms. The first-order valence-corrected chi connectivity index (χ1v) is 6.95. The number of halogens is 1. The van der Waals surface area contributed by atoms with Crippen LogP contribution in [0.25, 0.3) is 11.5 Å². The van der Waals surface area contributed by atoms with Crippen molar-refractivity contribution in [1.82, 2.24) is 9.88 Å². The molecule has 0 N–H and O–H groups in total. The lowest BCUT2D eigenvalue weighted by Crippen LogP contribution is -2.40. The van der Waals surface area contributed by atoms with E-state index in [1.807, 2.05) is 7.05 Å². The third-order valence-electron chi connectivity index (χ3n) is 4.14. The summed E-state index contributed by atoms with van der Waals surface area (Å²) in [4.78, 5) is 6.68. The highest BCUT2D eigenvalue weighted by Crippen LogP contribution is 2.35. The molecule has 1 saturated heterocycles. The minimum atomic E-state index is -0.575. The Hall–Kier alpha value is -2.19. The molecule has 0 spiro atoms. The van der Waals surface area contributed by atoms with E-state index in [2.05, 4.69) is 16.0 Å². The maximum atomic E-state index is 13.0. The Bertz CT molecular complexity index is 664. The highest BCUT2D eigenvalue weighted by Gasteiger charge is 2.38. The second-order valence-corrected chi connectivity index (χ2v) is 5.54. The Morgan fingerprint density at radius 1 is 1.29 bits per heavy atom. The standard InChI is InChI=1S/C16H16FN3O/c1-20-8-6-16(11-18,7-9-20)14-10-21-15(19-14)12-2-4-13(17)5-3-12/h2-5,10H,6-9H2,1H3. The highest BCUT2D eigenvalue weighted by atomic mass is 19.1. The van der Waals surface area contributed by atoms with Crippen LogP contribution >= 0.6 is 0 Å². The zero-order valence-electron chi connectivity index (χ0n) is 11.8. The summed E-state index contributed by atoms with van der Waals surface area (Å²) in [6.45, 7) is 1.73. The fourth-order valence-electron chi connectivity index (χ4n) is 2.64. The molecular formula is C16H16FN3O. The molecule has 0 amide bonds. The quantitative estimate of drug-likeness (QED) is 0.851. The lowest BCUT2D eigenvalue weighted by Gasteiger charge is -2.33. The van der Waals surface area contributed by atoms with Crippen LogP contribution in [0.4, 0.5) is 4.39 Å². The maximum absolute atomic E-state index is 13.0. The van der Waals surface area contributed by atoms with Crippen LogP contribution < -0.4 is 0 Å². The number of hydrogen-bond acceptors (Lipinski definition) is 4. The van der Waals surface area contributed by atoms with Crippen molar-refractivity contribution in [3.05, 3.63) is 42.0 Å². The molecule has 0 radical (unpaired) electrons. The third-order valence-corrected chi connectivity index (χ3v) is 4.14. The molecule has 1 aromatic heterocycles. The first-order valence-electron chi connectivity index (χ1n) is 6.95. The van der Waals surface area contributed by atoms with Crippen LogP contribution in [-0.4, -0.2) is 30.0 Å². The molecule has 0 unspecified atom stereocenters. The van der Waals surface area contributed by atoms with Crippen molar-refractivity contribution < 1.29 is 8.81 Å². The van der Waals surface area contributed by atoms with Gasteiger partial charge in [0.05, 0.1) is 11.8 Å². The molecule has 1 aromatic carbocycles. The summed E-state index contributed by atoms with van der Waals surface area (Å²) < 4.78 is 18.5. The van der Waals surface area contributed by atoms with Crippen molar-refractivity contribution in [2.24, 2.45) is 0 Å². The van der Waals surface area contributed by atoms with Gasteiger partial charge in [-0.3, -0.25) is 0 Å². The van der Waals surface area contributed by atoms with Gasteiger partial charge in [0.25, 0.3) is 0 Å². The summed E-state index contributed by atoms with van der Waals surface area (Å²) in [5.74, 6) is 0.132. The number of nitrogens with zero attached hydrogens (tertiary/aromatic N) is 3. The van der Waals surface area contributed by atoms with Crippen LogP contribution in [0.3, 0.4) is 0 Å². The molecule has 21 heavy (non-hydrogen) atoms. The molecule has 1 fully saturated rings. The molecule has 0 aliphatic carbocycles. The minimum absolute atomic E-state index is 0.297. The molecule has 1 aliphatic rings. The SMILES string of the molecule is CN1CCC(C#N)(c2coc(-c3ccc(F)cc3)n2)CC1. The molecular weight excluding hydrogens is 269 g/mol. The minimum Gasteiger partial charge on any atom is -0.444 e. The molecule has 2 aromatic rings. The van der Waals surface area contributed by atoms with Crippen molar-refractivity contribution in [1.29, 1.82) is 5.26 Å². The Labute approximate surface area is 122 Å². The van der Waals surface area contributed by atoms with Crippen LogP contribution in [0.2, 0.25) is 0 Å². The average molecular weight is 285 g/mol. The Balaban J connectivity index is 1.90. The van der Waals surface area contributed by atoms with Crippen LogP contribution in [0.15, 0.2) is 34.9 Å². The number of aromatic nitrogens is 1. The van der Waals surface area contributed by atoms with Crippen molar-refractivity contribution in [3.8, 4) is 17.5 Å². The molecule has 4 nitrogen and oxygen atoms in total. The fraction of sp³-hybridized carbons (Fsp3) is 0.375. The molecule has 0 atom stereocenters. The number of likely N-dealkylation sites (tertiary alicyclic amines) is 1. The van der Waals surface area contributed by atoms with Gasteiger partial charge in [0.15, 0.2) is 0 Å². The average Bonchev–Trinajstić information content (AvgIpc) is 3.00. The van der Waals surface area contributed by atoms with Gasteiger partial charge >= 0.3 is 0 Å². The van der Waals surface area contributed by atoms with Crippen molar-refractivity contribution in [2.45, 2.75) is 18.3 Å². The van der Waals surface area contributed by atoms with Crippen LogP contribution in [0.5, 0.6) is 0 Å². The Morgan fingerprint density at radius 2 is 1.95 bits per heavy atom. The van der Waals surface area contributed by atoms with E-state index in [4.69, 9.17) is 4.42 Å². The number of piperidine rings is 1. The second kappa shape index (κ2) is 5.30. The molecule has 108 valence electrons. The number of nitriles is 1. The number of rotatable bonds is 2. The monoisotopic (exact) mass is 285 g/mol. The summed E-state index contributed by atoms with van der Waals surface area (Å²) in [5, 5.41) is 9.60. The third kappa shape index (κ3) is 2.55. The topological polar surface area (TPSA) is 53.1 Å². The summed E-state index contributed by atoms with van der Waals surface area (Å²) in [6, 6.07) is 8.41. The van der Waals surface area contributed by atoms with E-state index in [1.54, 1.807) is 18.4 Å². The van der Waals surface area contributed by atoms with E-state index in [-0.39, 0.29) is 5.82 Å². The van der Waals surface area contributed by atoms with Gasteiger partial charge in [0.1, 0.15) is 17.5 Å². The number of benzene rings is 1. The van der Waals surface area contributed by atoms with E-state index >= 15 is 0 Å². The molecule has 1 aliphatic heterocycles. The molecule has 3 rings (SSSR count). The van der Waals surface area contributed by atoms with Gasteiger partial charge in [-0.2, -0.15) is 5.26 Å². The van der Waals surface area contributed by atoms with Gasteiger partial charge in [-0.15, -0.1) is 0 Å². The Morgan fingerprint density at radius 3 is 2.57 bits per heavy atom. The fourth-order valence-corrected chi connectivity index (χ4v) is 2.64. The van der Waals surface area contributed by atoms with Crippen molar-refractivity contribution in [3.63, 3.8) is 0 Å². The molecule has 2 heterocycles. The van der Waals surface area contributed by atoms with Crippen molar-refractivity contribution >= 4 is 0 Å². The highest BCUT2D eigenvalue weighted by molar-refractivity contribution is 5.53. The lowest BCUT2D eigenvalue weighted by atomic mass is 9.77. The lowest BCUT2D eigenvalue weighted by molar-refractivity contribution is 0.219. The van der Waals surface area contributed by atoms with Crippen molar-refractivity contribution in [2.75, 3.05) is 20.1 Å². The van der Waals surface area contributed by atoms with E-state index < -0.39 is 5.41 Å². The van der Waals surface area contributed by atoms with Gasteiger partial charge in [0, 0.05) is 5.56 Å². The van der Waals surface area contributed by atoms with E-state index in [0.717, 1.165) is 25.9 Å². The van der Waals surface area contributed by atoms with Gasteiger partial charge in [-0.25, -0.2) is 9.37 Å². The zero-order chi connectivity index (χ0) is 14.9. The molecule has 5 heteroatoms. The predicted molar refractivity (Wildman–Crippen MR) is 75.9 cm³/mol. The normalized spacial score (nSPS) is 18.3. The summed E-state index contributed by atoms with van der Waals surface area (Å²) in [7, 11) is 2.05.